The molecule has 3 aromatic rings. The maximum absolute atomic E-state index is 13.3. The molecule has 1 aliphatic rings. The molecule has 0 spiro atoms. The number of hydrogen-bond acceptors (Lipinski definition) is 7. The molecule has 158 valence electrons. The van der Waals surface area contributed by atoms with Crippen molar-refractivity contribution in [3.63, 3.8) is 0 Å². The number of carbonyl (C=O) groups excluding carboxylic acids is 2. The summed E-state index contributed by atoms with van der Waals surface area (Å²) in [4.78, 5) is 35.6. The second-order valence-corrected chi connectivity index (χ2v) is 7.19. The lowest BCUT2D eigenvalue weighted by atomic mass is 10.1. The number of amides is 1. The van der Waals surface area contributed by atoms with Crippen molar-refractivity contribution in [2.24, 2.45) is 0 Å². The highest BCUT2D eigenvalue weighted by atomic mass is 16.6. The van der Waals surface area contributed by atoms with Crippen molar-refractivity contribution >= 4 is 29.2 Å². The van der Waals surface area contributed by atoms with E-state index < -0.39 is 12.1 Å². The van der Waals surface area contributed by atoms with Crippen molar-refractivity contribution in [2.75, 3.05) is 23.9 Å². The third-order valence-corrected chi connectivity index (χ3v) is 4.85. The van der Waals surface area contributed by atoms with E-state index in [1.54, 1.807) is 42.5 Å². The van der Waals surface area contributed by atoms with Gasteiger partial charge in [0.2, 0.25) is 12.1 Å². The minimum Gasteiger partial charge on any atom is -0.475 e. The van der Waals surface area contributed by atoms with Gasteiger partial charge in [0.1, 0.15) is 5.75 Å². The molecule has 1 atom stereocenters. The Labute approximate surface area is 179 Å². The lowest BCUT2D eigenvalue weighted by Crippen LogP contribution is -2.47. The first-order valence-electron chi connectivity index (χ1n) is 9.79. The van der Waals surface area contributed by atoms with Crippen molar-refractivity contribution in [3.05, 3.63) is 71.5 Å². The molecule has 31 heavy (non-hydrogen) atoms. The van der Waals surface area contributed by atoms with Gasteiger partial charge < -0.3 is 19.7 Å². The predicted octanol–water partition coefficient (Wildman–Crippen LogP) is 3.42. The number of benzene rings is 2. The summed E-state index contributed by atoms with van der Waals surface area (Å²) in [5.41, 5.74) is 3.59. The Morgan fingerprint density at radius 3 is 2.42 bits per heavy atom. The number of methoxy groups -OCH3 is 1. The number of rotatable bonds is 4. The molecule has 0 fully saturated rings. The Morgan fingerprint density at radius 1 is 1.06 bits per heavy atom. The molecular formula is C23H22N4O4. The van der Waals surface area contributed by atoms with Crippen LogP contribution in [0, 0.1) is 13.8 Å². The van der Waals surface area contributed by atoms with E-state index in [2.05, 4.69) is 15.3 Å². The summed E-state index contributed by atoms with van der Waals surface area (Å²) in [7, 11) is 1.30. The fraction of sp³-hybridized carbons (Fsp3) is 0.217. The Bertz CT molecular complexity index is 1110. The number of anilines is 3. The molecule has 0 aliphatic carbocycles. The molecule has 0 bridgehead atoms. The normalized spacial score (nSPS) is 14.9. The lowest BCUT2D eigenvalue weighted by molar-refractivity contribution is -0.148. The molecule has 1 aromatic heterocycles. The molecule has 1 N–H and O–H groups in total. The summed E-state index contributed by atoms with van der Waals surface area (Å²) >= 11 is 0. The van der Waals surface area contributed by atoms with Crippen molar-refractivity contribution in [2.45, 2.75) is 20.0 Å². The summed E-state index contributed by atoms with van der Waals surface area (Å²) in [6, 6.07) is 16.0. The smallest absolute Gasteiger partial charge is 0.348 e. The minimum absolute atomic E-state index is 0.0684. The molecule has 8 nitrogen and oxygen atoms in total. The summed E-state index contributed by atoms with van der Waals surface area (Å²) in [6.07, 6.45) is -0.883. The second-order valence-electron chi connectivity index (χ2n) is 7.19. The largest absolute Gasteiger partial charge is 0.475 e. The number of fused-ring (bicyclic) bond motifs is 1. The molecule has 4 rings (SSSR count). The first-order valence-corrected chi connectivity index (χ1v) is 9.79. The van der Waals surface area contributed by atoms with Crippen LogP contribution in [0.4, 0.5) is 17.3 Å². The van der Waals surface area contributed by atoms with E-state index in [1.165, 1.54) is 12.0 Å². The highest BCUT2D eigenvalue weighted by Gasteiger charge is 2.34. The average Bonchev–Trinajstić information content (AvgIpc) is 2.77. The minimum atomic E-state index is -0.883. The number of ether oxygens (including phenoxy) is 2. The van der Waals surface area contributed by atoms with Gasteiger partial charge in [0.05, 0.1) is 19.3 Å². The molecule has 0 saturated carbocycles. The van der Waals surface area contributed by atoms with Crippen LogP contribution < -0.4 is 15.0 Å². The highest BCUT2D eigenvalue weighted by molar-refractivity contribution is 6.08. The van der Waals surface area contributed by atoms with Crippen LogP contribution in [0.5, 0.6) is 5.75 Å². The number of para-hydroxylation sites is 2. The molecule has 8 heteroatoms. The van der Waals surface area contributed by atoms with Crippen LogP contribution in [-0.2, 0) is 9.53 Å². The van der Waals surface area contributed by atoms with Gasteiger partial charge in [-0.15, -0.1) is 0 Å². The zero-order valence-electron chi connectivity index (χ0n) is 17.5. The van der Waals surface area contributed by atoms with Gasteiger partial charge in [-0.1, -0.05) is 12.1 Å². The first kappa shape index (κ1) is 20.3. The predicted molar refractivity (Wildman–Crippen MR) is 116 cm³/mol. The van der Waals surface area contributed by atoms with Crippen molar-refractivity contribution in [1.82, 2.24) is 9.97 Å². The Hall–Kier alpha value is -3.94. The van der Waals surface area contributed by atoms with Gasteiger partial charge in [-0.05, 0) is 56.3 Å². The second kappa shape index (κ2) is 8.43. The fourth-order valence-electron chi connectivity index (χ4n) is 3.44. The van der Waals surface area contributed by atoms with Crippen LogP contribution in [0.25, 0.3) is 0 Å². The van der Waals surface area contributed by atoms with E-state index in [9.17, 15) is 9.59 Å². The molecule has 1 amide bonds. The van der Waals surface area contributed by atoms with Crippen LogP contribution in [0.15, 0.2) is 54.6 Å². The zero-order chi connectivity index (χ0) is 22.0. The third-order valence-electron chi connectivity index (χ3n) is 4.85. The lowest BCUT2D eigenvalue weighted by Gasteiger charge is -2.33. The number of carbonyl (C=O) groups is 2. The summed E-state index contributed by atoms with van der Waals surface area (Å²) in [6.45, 7) is 3.88. The van der Waals surface area contributed by atoms with E-state index in [0.717, 1.165) is 17.1 Å². The van der Waals surface area contributed by atoms with Gasteiger partial charge in [0.25, 0.3) is 5.91 Å². The van der Waals surface area contributed by atoms with Gasteiger partial charge in [-0.2, -0.15) is 0 Å². The number of esters is 1. The molecule has 1 aliphatic heterocycles. The van der Waals surface area contributed by atoms with Gasteiger partial charge in [-0.25, -0.2) is 14.8 Å². The maximum atomic E-state index is 13.3. The Morgan fingerprint density at radius 2 is 1.74 bits per heavy atom. The SMILES string of the molecule is COC(=O)C1CN(C(=O)c2ccc(Nc3nc(C)cc(C)n3)cc2)c2ccccc2O1. The fourth-order valence-corrected chi connectivity index (χ4v) is 3.44. The van der Waals surface area contributed by atoms with E-state index in [1.807, 2.05) is 26.0 Å². The number of aryl methyl sites for hydroxylation is 2. The monoisotopic (exact) mass is 418 g/mol. The van der Waals surface area contributed by atoms with E-state index in [0.29, 0.717) is 22.9 Å². The maximum Gasteiger partial charge on any atom is 0.348 e. The number of aromatic nitrogens is 2. The van der Waals surface area contributed by atoms with Gasteiger partial charge in [-0.3, -0.25) is 4.79 Å². The number of nitrogens with one attached hydrogen (secondary N) is 1. The van der Waals surface area contributed by atoms with Crippen LogP contribution in [0.1, 0.15) is 21.7 Å². The molecule has 2 aromatic carbocycles. The topological polar surface area (TPSA) is 93.7 Å². The van der Waals surface area contributed by atoms with E-state index in [-0.39, 0.29) is 12.5 Å². The van der Waals surface area contributed by atoms with Crippen LogP contribution in [0.2, 0.25) is 0 Å². The number of nitrogens with zero attached hydrogens (tertiary/aromatic N) is 3. The van der Waals surface area contributed by atoms with Crippen LogP contribution in [0.3, 0.4) is 0 Å². The first-order chi connectivity index (χ1) is 14.9. The van der Waals surface area contributed by atoms with Gasteiger partial charge >= 0.3 is 5.97 Å². The van der Waals surface area contributed by atoms with Crippen molar-refractivity contribution in [3.8, 4) is 5.75 Å². The molecule has 2 heterocycles. The molecule has 0 radical (unpaired) electrons. The van der Waals surface area contributed by atoms with Crippen molar-refractivity contribution in [1.29, 1.82) is 0 Å². The summed E-state index contributed by atoms with van der Waals surface area (Å²) in [5.74, 6) is 0.196. The molecule has 0 saturated heterocycles. The van der Waals surface area contributed by atoms with E-state index >= 15 is 0 Å². The molecule has 1 unspecified atom stereocenters. The highest BCUT2D eigenvalue weighted by Crippen LogP contribution is 2.34. The Kier molecular flexibility index (Phi) is 5.53. The van der Waals surface area contributed by atoms with Gasteiger partial charge in [0.15, 0.2) is 0 Å². The van der Waals surface area contributed by atoms with Crippen LogP contribution >= 0.6 is 0 Å². The molecular weight excluding hydrogens is 396 g/mol. The summed E-state index contributed by atoms with van der Waals surface area (Å²) in [5, 5.41) is 3.15. The Balaban J connectivity index is 1.56. The summed E-state index contributed by atoms with van der Waals surface area (Å²) < 4.78 is 10.5. The van der Waals surface area contributed by atoms with Crippen molar-refractivity contribution < 1.29 is 19.1 Å². The zero-order valence-corrected chi connectivity index (χ0v) is 17.5. The number of hydrogen-bond donors (Lipinski definition) is 1. The van der Waals surface area contributed by atoms with E-state index in [4.69, 9.17) is 9.47 Å². The average molecular weight is 418 g/mol. The van der Waals surface area contributed by atoms with Crippen LogP contribution in [-0.4, -0.2) is 41.6 Å². The third kappa shape index (κ3) is 4.32. The quantitative estimate of drug-likeness (QED) is 0.649. The van der Waals surface area contributed by atoms with Gasteiger partial charge in [0, 0.05) is 22.6 Å². The standard InChI is InChI=1S/C23H22N4O4/c1-14-12-15(2)25-23(24-14)26-17-10-8-16(9-11-17)21(28)27-13-20(22(29)30-3)31-19-7-5-4-6-18(19)27/h4-12,20H,13H2,1-3H3,(H,24,25,26).